The number of aliphatic carboxylic acids is 1. The maximum Gasteiger partial charge on any atom is 0.413 e. The molecule has 4 atom stereocenters. The van der Waals surface area contributed by atoms with Crippen molar-refractivity contribution in [3.05, 3.63) is 82.9 Å². The molecule has 1 aromatic heterocycles. The van der Waals surface area contributed by atoms with Crippen LogP contribution in [0.1, 0.15) is 50.6 Å². The van der Waals surface area contributed by atoms with Crippen molar-refractivity contribution in [3.8, 4) is 0 Å². The summed E-state index contributed by atoms with van der Waals surface area (Å²) in [6, 6.07) is 16.2. The molecule has 55 heavy (non-hydrogen) atoms. The molecule has 0 spiro atoms. The van der Waals surface area contributed by atoms with Gasteiger partial charge in [-0.1, -0.05) is 77.6 Å². The van der Waals surface area contributed by atoms with E-state index >= 15 is 0 Å². The Labute approximate surface area is 322 Å². The summed E-state index contributed by atoms with van der Waals surface area (Å²) in [5, 5.41) is 20.7. The number of urea groups is 1. The van der Waals surface area contributed by atoms with Gasteiger partial charge < -0.3 is 29.6 Å². The number of anilines is 1. The lowest BCUT2D eigenvalue weighted by molar-refractivity contribution is -0.160. The zero-order valence-electron chi connectivity index (χ0n) is 30.0. The van der Waals surface area contributed by atoms with Crippen molar-refractivity contribution < 1.29 is 48.2 Å². The molecule has 3 saturated heterocycles. The van der Waals surface area contributed by atoms with Gasteiger partial charge in [0.1, 0.15) is 22.7 Å². The highest BCUT2D eigenvalue weighted by Crippen LogP contribution is 2.49. The first-order valence-electron chi connectivity index (χ1n) is 16.9. The molecule has 6 rings (SSSR count). The number of carbonyl (C=O) groups excluding carboxylic acids is 5. The van der Waals surface area contributed by atoms with E-state index in [-0.39, 0.29) is 30.5 Å². The fraction of sp³-hybridized carbons (Fsp3) is 0.371. The van der Waals surface area contributed by atoms with Crippen molar-refractivity contribution in [1.82, 2.24) is 25.1 Å². The number of oxime groups is 1. The van der Waals surface area contributed by atoms with Crippen LogP contribution in [0.5, 0.6) is 0 Å². The number of thioether (sulfide) groups is 1. The van der Waals surface area contributed by atoms with Crippen LogP contribution in [-0.4, -0.2) is 114 Å². The Balaban J connectivity index is 1.22. The smallest absolute Gasteiger partial charge is 0.413 e. The summed E-state index contributed by atoms with van der Waals surface area (Å²) in [5.74, 6) is 1.99. The lowest BCUT2D eigenvalue weighted by Gasteiger charge is -2.41. The number of nitrogens with zero attached hydrogens (tertiary/aromatic N) is 5. The molecule has 3 aliphatic heterocycles. The summed E-state index contributed by atoms with van der Waals surface area (Å²) in [7, 11) is 0. The maximum absolute atomic E-state index is 13.9. The predicted molar refractivity (Wildman–Crippen MR) is 198 cm³/mol. The molecule has 0 saturated carbocycles. The van der Waals surface area contributed by atoms with E-state index in [1.807, 2.05) is 60.7 Å². The Morgan fingerprint density at radius 3 is 2.24 bits per heavy atom. The van der Waals surface area contributed by atoms with E-state index < -0.39 is 75.7 Å². The number of hydrazine groups is 1. The third-order valence-corrected chi connectivity index (χ3v) is 11.0. The molecule has 4 heterocycles. The van der Waals surface area contributed by atoms with Crippen molar-refractivity contribution in [3.63, 3.8) is 0 Å². The Bertz CT molecular complexity index is 1970. The van der Waals surface area contributed by atoms with E-state index in [4.69, 9.17) is 20.2 Å². The zero-order valence-corrected chi connectivity index (χ0v) is 31.7. The molecule has 5 N–H and O–H groups in total. The summed E-state index contributed by atoms with van der Waals surface area (Å²) < 4.78 is 11.1. The second-order valence-electron chi connectivity index (χ2n) is 13.6. The molecule has 0 bridgehead atoms. The topological polar surface area (TPSA) is 235 Å². The number of rotatable bonds is 12. The van der Waals surface area contributed by atoms with Crippen molar-refractivity contribution in [1.29, 1.82) is 0 Å². The fourth-order valence-electron chi connectivity index (χ4n) is 5.91. The number of amides is 5. The number of β-lactam (4-membered cyclic amide) rings is 1. The number of benzene rings is 2. The Morgan fingerprint density at radius 1 is 1.04 bits per heavy atom. The van der Waals surface area contributed by atoms with Gasteiger partial charge >= 0.3 is 24.1 Å². The number of hydrogen-bond acceptors (Lipinski definition) is 14. The maximum atomic E-state index is 13.9. The number of ether oxygens (including phenoxy) is 2. The first-order chi connectivity index (χ1) is 26.1. The number of hydrogen-bond donors (Lipinski definition) is 4. The van der Waals surface area contributed by atoms with E-state index in [2.05, 4.69) is 20.8 Å². The molecule has 3 aliphatic rings. The molecule has 20 heteroatoms. The van der Waals surface area contributed by atoms with Crippen LogP contribution in [0.25, 0.3) is 0 Å². The van der Waals surface area contributed by atoms with Crippen molar-refractivity contribution in [2.45, 2.75) is 61.8 Å². The molecule has 2 aromatic carbocycles. The molecule has 3 fully saturated rings. The number of aromatic nitrogens is 1. The zero-order chi connectivity index (χ0) is 39.7. The second kappa shape index (κ2) is 15.6. The highest BCUT2D eigenvalue weighted by Gasteiger charge is 2.66. The van der Waals surface area contributed by atoms with Gasteiger partial charge in [0.15, 0.2) is 16.9 Å². The second-order valence-corrected chi connectivity index (χ2v) is 15.9. The average molecular weight is 795 g/mol. The Kier molecular flexibility index (Phi) is 11.0. The molecule has 290 valence electrons. The van der Waals surface area contributed by atoms with Gasteiger partial charge in [-0.05, 0) is 38.8 Å². The molecule has 5 amide bonds. The van der Waals surface area contributed by atoms with E-state index in [0.717, 1.165) is 33.0 Å². The number of thiazole rings is 1. The van der Waals surface area contributed by atoms with Crippen molar-refractivity contribution in [2.75, 3.05) is 25.0 Å². The third kappa shape index (κ3) is 8.20. The van der Waals surface area contributed by atoms with Crippen LogP contribution in [0.4, 0.5) is 14.7 Å². The van der Waals surface area contributed by atoms with E-state index in [9.17, 15) is 33.9 Å². The summed E-state index contributed by atoms with van der Waals surface area (Å²) in [6.45, 7) is 6.21. The van der Waals surface area contributed by atoms with Gasteiger partial charge in [0.25, 0.3) is 5.91 Å². The normalized spacial score (nSPS) is 21.5. The quantitative estimate of drug-likeness (QED) is 0.0516. The van der Waals surface area contributed by atoms with Gasteiger partial charge in [-0.3, -0.25) is 24.8 Å². The van der Waals surface area contributed by atoms with Crippen LogP contribution in [-0.2, 0) is 33.5 Å². The number of carboxylic acids is 1. The first-order valence-corrected chi connectivity index (χ1v) is 18.7. The Hall–Kier alpha value is -5.73. The van der Waals surface area contributed by atoms with Gasteiger partial charge in [0.05, 0.1) is 13.1 Å². The number of nitrogens with one attached hydrogen (secondary N) is 2. The number of carboxylic acid groups (broad SMARTS) is 1. The summed E-state index contributed by atoms with van der Waals surface area (Å²) in [5.41, 5.74) is 0.0454. The average Bonchev–Trinajstić information content (AvgIpc) is 3.85. The highest BCUT2D eigenvalue weighted by atomic mass is 32.2. The van der Waals surface area contributed by atoms with Crippen molar-refractivity contribution >= 4 is 69.8 Å². The van der Waals surface area contributed by atoms with Gasteiger partial charge in [0, 0.05) is 11.9 Å². The van der Waals surface area contributed by atoms with Crippen LogP contribution in [0, 0.1) is 0 Å². The van der Waals surface area contributed by atoms with Gasteiger partial charge in [-0.2, -0.15) is 0 Å². The lowest BCUT2D eigenvalue weighted by atomic mass is 10.0. The first kappa shape index (κ1) is 39.0. The molecule has 3 aromatic rings. The molecular weight excluding hydrogens is 757 g/mol. The number of fused-ring (bicyclic) bond motifs is 1. The largest absolute Gasteiger partial charge is 0.479 e. The standard InChI is InChI=1S/C35H38N8O10S2/c1-19(29(46)51-25(20-11-7-5-8-12-20)21-13-9-6-10-14-21)53-40-23(22-17-54-31(37-22)39-32(49)52-34(2,3)4)26(44)38-24-27(45)41-18-35(30(47)48,55-28(24)41)42-15-16-43(36)33(42)50/h5-14,17,19,24-25,28H,15-16,18,36H2,1-4H3,(H,38,44)(H,47,48)(H,37,39,49)/b40-23-/t19-,24+,28+,35+/m0/s1. The minimum absolute atomic E-state index is 0.0239. The van der Waals surface area contributed by atoms with Crippen molar-refractivity contribution in [2.24, 2.45) is 11.0 Å². The monoisotopic (exact) mass is 794 g/mol. The summed E-state index contributed by atoms with van der Waals surface area (Å²) in [6.07, 6.45) is -2.94. The van der Waals surface area contributed by atoms with Gasteiger partial charge in [-0.15, -0.1) is 11.3 Å². The van der Waals surface area contributed by atoms with Gasteiger partial charge in [0.2, 0.25) is 16.9 Å². The van der Waals surface area contributed by atoms with E-state index in [1.54, 1.807) is 20.8 Å². The number of esters is 1. The molecule has 0 aliphatic carbocycles. The van der Waals surface area contributed by atoms with E-state index in [1.165, 1.54) is 17.2 Å². The minimum atomic E-state index is -1.84. The van der Waals surface area contributed by atoms with Crippen LogP contribution in [0.2, 0.25) is 0 Å². The number of carbonyl (C=O) groups is 6. The Morgan fingerprint density at radius 2 is 1.67 bits per heavy atom. The fourth-order valence-corrected chi connectivity index (χ4v) is 8.23. The van der Waals surface area contributed by atoms with Crippen LogP contribution >= 0.6 is 23.1 Å². The predicted octanol–water partition coefficient (Wildman–Crippen LogP) is 2.72. The molecule has 0 radical (unpaired) electrons. The summed E-state index contributed by atoms with van der Waals surface area (Å²) in [4.78, 5) is 88.6. The highest BCUT2D eigenvalue weighted by molar-refractivity contribution is 8.02. The molecular formula is C35H38N8O10S2. The van der Waals surface area contributed by atoms with Crippen LogP contribution in [0.3, 0.4) is 0 Å². The van der Waals surface area contributed by atoms with E-state index in [0.29, 0.717) is 11.1 Å². The van der Waals surface area contributed by atoms with Crippen LogP contribution in [0.15, 0.2) is 71.2 Å². The SMILES string of the molecule is C[C@H](O/N=C(\C(=O)N[C@@H]1C(=O)N2C[C@@](C(=O)O)(N3CCN(N)C3=O)S[C@H]12)c1csc(NC(=O)OC(C)(C)C)n1)C(=O)OC(c1ccccc1)c1ccccc1. The summed E-state index contributed by atoms with van der Waals surface area (Å²) >= 11 is 1.76. The van der Waals surface area contributed by atoms with Gasteiger partial charge in [-0.25, -0.2) is 30.0 Å². The third-order valence-electron chi connectivity index (χ3n) is 8.58. The number of nitrogens with two attached hydrogens (primary N) is 1. The minimum Gasteiger partial charge on any atom is -0.479 e. The molecule has 18 nitrogen and oxygen atoms in total. The van der Waals surface area contributed by atoms with Crippen LogP contribution < -0.4 is 16.5 Å². The lowest BCUT2D eigenvalue weighted by Crippen LogP contribution is -2.68. The molecule has 0 unspecified atom stereocenters.